The largest absolute Gasteiger partial charge is 0.398 e. The third kappa shape index (κ3) is 4.13. The molecule has 21 heavy (non-hydrogen) atoms. The van der Waals surface area contributed by atoms with Gasteiger partial charge in [0.2, 0.25) is 10.0 Å². The zero-order valence-corrected chi connectivity index (χ0v) is 13.3. The summed E-state index contributed by atoms with van der Waals surface area (Å²) in [6.45, 7) is 3.88. The summed E-state index contributed by atoms with van der Waals surface area (Å²) in [6.07, 6.45) is 0. The minimum absolute atomic E-state index is 0.0317. The van der Waals surface area contributed by atoms with Gasteiger partial charge in [-0.3, -0.25) is 10.1 Å². The van der Waals surface area contributed by atoms with Crippen molar-refractivity contribution in [3.8, 4) is 0 Å². The maximum Gasteiger partial charge on any atom is 0.270 e. The molecule has 0 aliphatic heterocycles. The van der Waals surface area contributed by atoms with E-state index in [-0.39, 0.29) is 22.8 Å². The molecule has 9 heteroatoms. The van der Waals surface area contributed by atoms with Crippen LogP contribution in [-0.2, 0) is 10.0 Å². The maximum atomic E-state index is 12.3. The van der Waals surface area contributed by atoms with Crippen LogP contribution < -0.4 is 10.5 Å². The number of nitrogens with zero attached hydrogens (tertiary/aromatic N) is 2. The molecule has 0 aliphatic rings. The van der Waals surface area contributed by atoms with Crippen LogP contribution in [0.5, 0.6) is 0 Å². The third-order valence-corrected chi connectivity index (χ3v) is 4.86. The van der Waals surface area contributed by atoms with Crippen molar-refractivity contribution in [2.24, 2.45) is 0 Å². The number of nitrogens with one attached hydrogen (secondary N) is 1. The van der Waals surface area contributed by atoms with E-state index in [4.69, 9.17) is 5.73 Å². The van der Waals surface area contributed by atoms with Gasteiger partial charge >= 0.3 is 0 Å². The lowest BCUT2D eigenvalue weighted by Crippen LogP contribution is -2.48. The lowest BCUT2D eigenvalue weighted by atomic mass is 10.1. The highest BCUT2D eigenvalue weighted by atomic mass is 32.2. The smallest absolute Gasteiger partial charge is 0.270 e. The van der Waals surface area contributed by atoms with Gasteiger partial charge in [-0.05, 0) is 34.0 Å². The summed E-state index contributed by atoms with van der Waals surface area (Å²) >= 11 is 0. The number of rotatable bonds is 6. The van der Waals surface area contributed by atoms with Crippen molar-refractivity contribution in [3.63, 3.8) is 0 Å². The van der Waals surface area contributed by atoms with Gasteiger partial charge in [0.05, 0.1) is 10.6 Å². The van der Waals surface area contributed by atoms with Crippen LogP contribution in [0.3, 0.4) is 0 Å². The number of nitro groups is 1. The van der Waals surface area contributed by atoms with Crippen molar-refractivity contribution in [2.75, 3.05) is 26.4 Å². The van der Waals surface area contributed by atoms with Gasteiger partial charge in [-0.2, -0.15) is 0 Å². The maximum absolute atomic E-state index is 12.3. The van der Waals surface area contributed by atoms with Crippen LogP contribution in [0.2, 0.25) is 0 Å². The van der Waals surface area contributed by atoms with Crippen LogP contribution >= 0.6 is 0 Å². The van der Waals surface area contributed by atoms with E-state index < -0.39 is 20.5 Å². The van der Waals surface area contributed by atoms with E-state index in [1.54, 1.807) is 0 Å². The molecule has 0 saturated heterocycles. The van der Waals surface area contributed by atoms with Gasteiger partial charge < -0.3 is 10.6 Å². The van der Waals surface area contributed by atoms with Gasteiger partial charge in [0.25, 0.3) is 5.69 Å². The summed E-state index contributed by atoms with van der Waals surface area (Å²) in [7, 11) is -0.261. The molecule has 0 spiro atoms. The second-order valence-electron chi connectivity index (χ2n) is 5.51. The highest BCUT2D eigenvalue weighted by Crippen LogP contribution is 2.24. The van der Waals surface area contributed by atoms with Crippen LogP contribution in [0, 0.1) is 10.1 Å². The van der Waals surface area contributed by atoms with E-state index in [2.05, 4.69) is 4.72 Å². The predicted octanol–water partition coefficient (Wildman–Crippen LogP) is 0.795. The summed E-state index contributed by atoms with van der Waals surface area (Å²) in [6, 6.07) is 3.34. The van der Waals surface area contributed by atoms with Crippen molar-refractivity contribution in [3.05, 3.63) is 28.3 Å². The number of benzene rings is 1. The summed E-state index contributed by atoms with van der Waals surface area (Å²) in [5.74, 6) is 0. The Bertz CT molecular complexity index is 641. The Kier molecular flexibility index (Phi) is 4.92. The fourth-order valence-corrected chi connectivity index (χ4v) is 2.73. The molecule has 0 aromatic heterocycles. The molecule has 3 N–H and O–H groups in total. The first-order valence-corrected chi connectivity index (χ1v) is 7.67. The molecule has 1 aromatic rings. The number of sulfonamides is 1. The molecule has 0 bridgehead atoms. The molecule has 0 unspecified atom stereocenters. The van der Waals surface area contributed by atoms with E-state index in [9.17, 15) is 18.5 Å². The van der Waals surface area contributed by atoms with Crippen LogP contribution in [0.25, 0.3) is 0 Å². The molecule has 0 fully saturated rings. The van der Waals surface area contributed by atoms with Crippen LogP contribution in [0.1, 0.15) is 13.8 Å². The van der Waals surface area contributed by atoms with Crippen LogP contribution in [0.15, 0.2) is 23.1 Å². The lowest BCUT2D eigenvalue weighted by molar-refractivity contribution is -0.385. The molecule has 118 valence electrons. The van der Waals surface area contributed by atoms with Crippen molar-refractivity contribution < 1.29 is 13.3 Å². The highest BCUT2D eigenvalue weighted by molar-refractivity contribution is 7.89. The van der Waals surface area contributed by atoms with E-state index in [0.29, 0.717) is 0 Å². The Morgan fingerprint density at radius 2 is 1.95 bits per heavy atom. The first-order chi connectivity index (χ1) is 9.47. The Hall–Kier alpha value is -1.71. The lowest BCUT2D eigenvalue weighted by Gasteiger charge is -2.32. The standard InChI is InChI=1S/C12H20N4O4S/c1-12(2,15(3)4)8-14-21(19,20)11-7-9(16(17)18)5-6-10(11)13/h5-7,14H,8,13H2,1-4H3. The van der Waals surface area contributed by atoms with E-state index >= 15 is 0 Å². The van der Waals surface area contributed by atoms with Gasteiger partial charge in [-0.1, -0.05) is 0 Å². The normalized spacial score (nSPS) is 12.6. The predicted molar refractivity (Wildman–Crippen MR) is 80.5 cm³/mol. The number of nitrogen functional groups attached to an aromatic ring is 1. The molecule has 0 heterocycles. The second kappa shape index (κ2) is 5.96. The van der Waals surface area contributed by atoms with Crippen molar-refractivity contribution in [1.29, 1.82) is 0 Å². The second-order valence-corrected chi connectivity index (χ2v) is 7.25. The van der Waals surface area contributed by atoms with E-state index in [1.165, 1.54) is 6.07 Å². The highest BCUT2D eigenvalue weighted by Gasteiger charge is 2.26. The molecule has 0 atom stereocenters. The van der Waals surface area contributed by atoms with Gasteiger partial charge in [-0.15, -0.1) is 0 Å². The van der Waals surface area contributed by atoms with E-state index in [1.807, 2.05) is 32.8 Å². The van der Waals surface area contributed by atoms with Crippen molar-refractivity contribution >= 4 is 21.4 Å². The first kappa shape index (κ1) is 17.3. The Morgan fingerprint density at radius 3 is 2.43 bits per heavy atom. The number of anilines is 1. The number of nitro benzene ring substituents is 1. The number of hydrogen-bond acceptors (Lipinski definition) is 6. The van der Waals surface area contributed by atoms with Gasteiger partial charge in [-0.25, -0.2) is 13.1 Å². The molecule has 0 radical (unpaired) electrons. The minimum Gasteiger partial charge on any atom is -0.398 e. The average Bonchev–Trinajstić information content (AvgIpc) is 2.36. The number of likely N-dealkylation sites (N-methyl/N-ethyl adjacent to an activating group) is 1. The SMILES string of the molecule is CN(C)C(C)(C)CNS(=O)(=O)c1cc([N+](=O)[O-])ccc1N. The van der Waals surface area contributed by atoms with Gasteiger partial charge in [0.1, 0.15) is 4.90 Å². The molecule has 0 saturated carbocycles. The zero-order valence-electron chi connectivity index (χ0n) is 12.5. The fourth-order valence-electron chi connectivity index (χ4n) is 1.38. The third-order valence-electron chi connectivity index (χ3n) is 3.40. The van der Waals surface area contributed by atoms with Crippen LogP contribution in [0.4, 0.5) is 11.4 Å². The topological polar surface area (TPSA) is 119 Å². The van der Waals surface area contributed by atoms with Gasteiger partial charge in [0, 0.05) is 24.2 Å². The summed E-state index contributed by atoms with van der Waals surface area (Å²) < 4.78 is 27.0. The molecule has 8 nitrogen and oxygen atoms in total. The zero-order chi connectivity index (χ0) is 16.4. The molecule has 1 rings (SSSR count). The quantitative estimate of drug-likeness (QED) is 0.455. The number of nitrogens with two attached hydrogens (primary N) is 1. The molecular formula is C12H20N4O4S. The molecule has 0 aliphatic carbocycles. The van der Waals surface area contributed by atoms with Crippen molar-refractivity contribution in [1.82, 2.24) is 9.62 Å². The number of non-ortho nitro benzene ring substituents is 1. The molecule has 0 amide bonds. The summed E-state index contributed by atoms with van der Waals surface area (Å²) in [5.41, 5.74) is 4.85. The molecular weight excluding hydrogens is 296 g/mol. The molecule has 1 aromatic carbocycles. The summed E-state index contributed by atoms with van der Waals surface area (Å²) in [4.78, 5) is 11.7. The van der Waals surface area contributed by atoms with Crippen molar-refractivity contribution in [2.45, 2.75) is 24.3 Å². The monoisotopic (exact) mass is 316 g/mol. The summed E-state index contributed by atoms with van der Waals surface area (Å²) in [5, 5.41) is 10.7. The Labute approximate surface area is 124 Å². The fraction of sp³-hybridized carbons (Fsp3) is 0.500. The Balaban J connectivity index is 3.09. The average molecular weight is 316 g/mol. The van der Waals surface area contributed by atoms with Crippen LogP contribution in [-0.4, -0.2) is 44.4 Å². The van der Waals surface area contributed by atoms with Gasteiger partial charge in [0.15, 0.2) is 0 Å². The van der Waals surface area contributed by atoms with E-state index in [0.717, 1.165) is 12.1 Å². The Morgan fingerprint density at radius 1 is 1.38 bits per heavy atom. The first-order valence-electron chi connectivity index (χ1n) is 6.18. The minimum atomic E-state index is -3.92. The number of hydrogen-bond donors (Lipinski definition) is 2.